The van der Waals surface area contributed by atoms with Crippen molar-refractivity contribution < 1.29 is 8.42 Å². The molecule has 0 heterocycles. The summed E-state index contributed by atoms with van der Waals surface area (Å²) < 4.78 is 23.0. The van der Waals surface area contributed by atoms with Crippen molar-refractivity contribution in [2.24, 2.45) is 0 Å². The average molecular weight is 298 g/mol. The van der Waals surface area contributed by atoms with Gasteiger partial charge >= 0.3 is 0 Å². The van der Waals surface area contributed by atoms with E-state index in [0.29, 0.717) is 0 Å². The fraction of sp³-hybridized carbons (Fsp3) is 0.333. The van der Waals surface area contributed by atoms with Gasteiger partial charge in [-0.25, -0.2) is 8.42 Å². The van der Waals surface area contributed by atoms with Crippen molar-refractivity contribution in [1.29, 1.82) is 0 Å². The van der Waals surface area contributed by atoms with Crippen molar-refractivity contribution in [3.63, 3.8) is 0 Å². The van der Waals surface area contributed by atoms with Gasteiger partial charge in [-0.05, 0) is 29.7 Å². The van der Waals surface area contributed by atoms with Crippen LogP contribution in [-0.2, 0) is 9.05 Å². The van der Waals surface area contributed by atoms with E-state index in [1.807, 2.05) is 13.8 Å². The topological polar surface area (TPSA) is 34.1 Å². The summed E-state index contributed by atoms with van der Waals surface area (Å²) in [5, 5.41) is 0. The Kier molecular flexibility index (Phi) is 3.61. The molecular weight excluding hydrogens is 288 g/mol. The molecule has 0 saturated heterocycles. The molecule has 0 aliphatic rings. The molecule has 1 aromatic rings. The first kappa shape index (κ1) is 12.0. The van der Waals surface area contributed by atoms with Crippen LogP contribution in [0.4, 0.5) is 0 Å². The molecule has 78 valence electrons. The van der Waals surface area contributed by atoms with E-state index in [2.05, 4.69) is 15.9 Å². The van der Waals surface area contributed by atoms with Crippen molar-refractivity contribution in [3.05, 3.63) is 28.2 Å². The van der Waals surface area contributed by atoms with Crippen LogP contribution in [-0.4, -0.2) is 8.42 Å². The molecule has 0 saturated carbocycles. The van der Waals surface area contributed by atoms with Crippen molar-refractivity contribution >= 4 is 35.7 Å². The Bertz CT molecular complexity index is 440. The molecule has 0 aliphatic carbocycles. The summed E-state index contributed by atoms with van der Waals surface area (Å²) in [6.45, 7) is 3.98. The molecule has 0 bridgehead atoms. The smallest absolute Gasteiger partial charge is 0.207 e. The SMILES string of the molecule is CC(C)c1cc(S(=O)(=O)Cl)ccc1Br. The van der Waals surface area contributed by atoms with Gasteiger partial charge in [0.25, 0.3) is 9.05 Å². The fourth-order valence-electron chi connectivity index (χ4n) is 1.12. The molecule has 2 nitrogen and oxygen atoms in total. The zero-order valence-corrected chi connectivity index (χ0v) is 10.9. The summed E-state index contributed by atoms with van der Waals surface area (Å²) in [5.74, 6) is 0.253. The van der Waals surface area contributed by atoms with Gasteiger partial charge in [-0.1, -0.05) is 29.8 Å². The van der Waals surface area contributed by atoms with Gasteiger partial charge in [-0.2, -0.15) is 0 Å². The van der Waals surface area contributed by atoms with E-state index in [0.717, 1.165) is 10.0 Å². The number of rotatable bonds is 2. The molecule has 1 aromatic carbocycles. The Labute approximate surface area is 96.8 Å². The third-order valence-corrected chi connectivity index (χ3v) is 3.94. The monoisotopic (exact) mass is 296 g/mol. The molecule has 5 heteroatoms. The van der Waals surface area contributed by atoms with Gasteiger partial charge in [0, 0.05) is 15.2 Å². The first-order chi connectivity index (χ1) is 6.32. The molecule has 0 aliphatic heterocycles. The highest BCUT2D eigenvalue weighted by molar-refractivity contribution is 9.10. The summed E-state index contributed by atoms with van der Waals surface area (Å²) in [7, 11) is 1.62. The predicted octanol–water partition coefficient (Wildman–Crippen LogP) is 3.50. The maximum absolute atomic E-state index is 11.1. The normalized spacial score (nSPS) is 12.1. The lowest BCUT2D eigenvalue weighted by Crippen LogP contribution is -1.95. The van der Waals surface area contributed by atoms with Crippen LogP contribution in [0, 0.1) is 0 Å². The first-order valence-electron chi connectivity index (χ1n) is 4.06. The number of hydrogen-bond donors (Lipinski definition) is 0. The molecule has 0 unspecified atom stereocenters. The Morgan fingerprint density at radius 3 is 2.36 bits per heavy atom. The minimum absolute atomic E-state index is 0.145. The van der Waals surface area contributed by atoms with Crippen molar-refractivity contribution in [2.75, 3.05) is 0 Å². The molecule has 0 N–H and O–H groups in total. The molecule has 0 fully saturated rings. The minimum Gasteiger partial charge on any atom is -0.207 e. The van der Waals surface area contributed by atoms with Gasteiger partial charge in [-0.3, -0.25) is 0 Å². The lowest BCUT2D eigenvalue weighted by Gasteiger charge is -2.09. The van der Waals surface area contributed by atoms with Gasteiger partial charge in [0.1, 0.15) is 0 Å². The summed E-state index contributed by atoms with van der Waals surface area (Å²) in [6, 6.07) is 4.78. The third-order valence-electron chi connectivity index (χ3n) is 1.87. The number of halogens is 2. The van der Waals surface area contributed by atoms with Crippen LogP contribution < -0.4 is 0 Å². The quantitative estimate of drug-likeness (QED) is 0.783. The van der Waals surface area contributed by atoms with E-state index >= 15 is 0 Å². The minimum atomic E-state index is -3.62. The molecule has 0 aromatic heterocycles. The lowest BCUT2D eigenvalue weighted by atomic mass is 10.0. The summed E-state index contributed by atoms with van der Waals surface area (Å²) in [4.78, 5) is 0.145. The highest BCUT2D eigenvalue weighted by Gasteiger charge is 2.13. The Hall–Kier alpha value is -0.0600. The van der Waals surface area contributed by atoms with E-state index in [1.165, 1.54) is 6.07 Å². The molecule has 0 atom stereocenters. The maximum Gasteiger partial charge on any atom is 0.261 e. The predicted molar refractivity (Wildman–Crippen MR) is 61.3 cm³/mol. The highest BCUT2D eigenvalue weighted by atomic mass is 79.9. The van der Waals surface area contributed by atoms with Gasteiger partial charge in [-0.15, -0.1) is 0 Å². The van der Waals surface area contributed by atoms with Crippen LogP contribution in [0.25, 0.3) is 0 Å². The van der Waals surface area contributed by atoms with Crippen LogP contribution in [0.1, 0.15) is 25.3 Å². The average Bonchev–Trinajstić information content (AvgIpc) is 2.02. The number of hydrogen-bond acceptors (Lipinski definition) is 2. The zero-order valence-electron chi connectivity index (χ0n) is 7.79. The van der Waals surface area contributed by atoms with Gasteiger partial charge < -0.3 is 0 Å². The number of benzene rings is 1. The molecule has 14 heavy (non-hydrogen) atoms. The molecule has 0 amide bonds. The van der Waals surface area contributed by atoms with Gasteiger partial charge in [0.2, 0.25) is 0 Å². The Balaban J connectivity index is 3.34. The van der Waals surface area contributed by atoms with E-state index in [9.17, 15) is 8.42 Å². The summed E-state index contributed by atoms with van der Waals surface area (Å²) in [5.41, 5.74) is 0.937. The lowest BCUT2D eigenvalue weighted by molar-refractivity contribution is 0.609. The second kappa shape index (κ2) is 4.21. The Morgan fingerprint density at radius 2 is 1.93 bits per heavy atom. The molecule has 0 radical (unpaired) electrons. The van der Waals surface area contributed by atoms with Crippen LogP contribution >= 0.6 is 26.6 Å². The molecule has 0 spiro atoms. The van der Waals surface area contributed by atoms with E-state index < -0.39 is 9.05 Å². The zero-order chi connectivity index (χ0) is 10.9. The standard InChI is InChI=1S/C9H10BrClO2S/c1-6(2)8-5-7(14(11,12)13)3-4-9(8)10/h3-6H,1-2H3. The van der Waals surface area contributed by atoms with Crippen molar-refractivity contribution in [3.8, 4) is 0 Å². The third kappa shape index (κ3) is 2.72. The largest absolute Gasteiger partial charge is 0.261 e. The second-order valence-corrected chi connectivity index (χ2v) is 6.70. The molecular formula is C9H10BrClO2S. The van der Waals surface area contributed by atoms with Crippen LogP contribution in [0.2, 0.25) is 0 Å². The van der Waals surface area contributed by atoms with Crippen molar-refractivity contribution in [2.45, 2.75) is 24.7 Å². The Morgan fingerprint density at radius 1 is 1.36 bits per heavy atom. The second-order valence-electron chi connectivity index (χ2n) is 3.28. The maximum atomic E-state index is 11.1. The van der Waals surface area contributed by atoms with Crippen molar-refractivity contribution in [1.82, 2.24) is 0 Å². The van der Waals surface area contributed by atoms with Crippen LogP contribution in [0.15, 0.2) is 27.6 Å². The molecule has 1 rings (SSSR count). The van der Waals surface area contributed by atoms with E-state index in [-0.39, 0.29) is 10.8 Å². The van der Waals surface area contributed by atoms with Gasteiger partial charge in [0.15, 0.2) is 0 Å². The van der Waals surface area contributed by atoms with Crippen LogP contribution in [0.5, 0.6) is 0 Å². The fourth-order valence-corrected chi connectivity index (χ4v) is 2.61. The van der Waals surface area contributed by atoms with Crippen LogP contribution in [0.3, 0.4) is 0 Å². The van der Waals surface area contributed by atoms with Gasteiger partial charge in [0.05, 0.1) is 4.90 Å². The van der Waals surface area contributed by atoms with E-state index in [1.54, 1.807) is 12.1 Å². The summed E-state index contributed by atoms with van der Waals surface area (Å²) >= 11 is 3.36. The van der Waals surface area contributed by atoms with E-state index in [4.69, 9.17) is 10.7 Å². The highest BCUT2D eigenvalue weighted by Crippen LogP contribution is 2.28. The summed E-state index contributed by atoms with van der Waals surface area (Å²) in [6.07, 6.45) is 0. The first-order valence-corrected chi connectivity index (χ1v) is 7.16.